The van der Waals surface area contributed by atoms with Crippen LogP contribution in [0.4, 0.5) is 11.4 Å². The van der Waals surface area contributed by atoms with Crippen molar-refractivity contribution >= 4 is 17.3 Å². The number of benzene rings is 2. The number of likely N-dealkylation sites (N-methyl/N-ethyl adjacent to an activating group) is 1. The molecule has 0 radical (unpaired) electrons. The molecule has 1 fully saturated rings. The molecule has 1 aliphatic heterocycles. The number of hydrogen-bond acceptors (Lipinski definition) is 4. The van der Waals surface area contributed by atoms with Crippen molar-refractivity contribution in [3.05, 3.63) is 88.7 Å². The highest BCUT2D eigenvalue weighted by molar-refractivity contribution is 5.89. The molecule has 0 unspecified atom stereocenters. The van der Waals surface area contributed by atoms with Gasteiger partial charge in [-0.1, -0.05) is 37.5 Å². The molecule has 5 heteroatoms. The monoisotopic (exact) mass is 469 g/mol. The van der Waals surface area contributed by atoms with E-state index in [0.29, 0.717) is 12.0 Å². The van der Waals surface area contributed by atoms with Crippen molar-refractivity contribution in [2.75, 3.05) is 25.5 Å². The first kappa shape index (κ1) is 23.6. The number of aryl methyl sites for hydroxylation is 1. The Morgan fingerprint density at radius 3 is 2.60 bits per heavy atom. The summed E-state index contributed by atoms with van der Waals surface area (Å²) in [5.74, 6) is 0.00252. The summed E-state index contributed by atoms with van der Waals surface area (Å²) in [6.45, 7) is 1.000. The van der Waals surface area contributed by atoms with Gasteiger partial charge in [-0.25, -0.2) is 4.79 Å². The summed E-state index contributed by atoms with van der Waals surface area (Å²) >= 11 is 0. The largest absolute Gasteiger partial charge is 0.478 e. The maximum Gasteiger partial charge on any atom is 0.336 e. The van der Waals surface area contributed by atoms with Crippen LogP contribution in [0.2, 0.25) is 0 Å². The molecule has 1 aromatic heterocycles. The number of carboxylic acid groups (broad SMARTS) is 1. The summed E-state index contributed by atoms with van der Waals surface area (Å²) in [5.41, 5.74) is 7.77. The molecule has 35 heavy (non-hydrogen) atoms. The Hall–Kier alpha value is -3.18. The van der Waals surface area contributed by atoms with E-state index in [2.05, 4.69) is 71.3 Å². The summed E-state index contributed by atoms with van der Waals surface area (Å²) in [4.78, 5) is 20.4. The highest BCUT2D eigenvalue weighted by atomic mass is 16.4. The fourth-order valence-electron chi connectivity index (χ4n) is 5.57. The van der Waals surface area contributed by atoms with Crippen LogP contribution in [0.25, 0.3) is 0 Å². The van der Waals surface area contributed by atoms with E-state index in [4.69, 9.17) is 0 Å². The minimum atomic E-state index is -0.886. The second-order valence-corrected chi connectivity index (χ2v) is 10.2. The Labute approximate surface area is 208 Å². The number of nitrogens with zero attached hydrogens (tertiary/aromatic N) is 3. The SMILES string of the molecule is CN(c1ccc(CC2CCC2)cc1)c1ccc2c(c1)CCN(C)[C@H]2CCc1cnccc1C(=O)O. The minimum absolute atomic E-state index is 0.269. The van der Waals surface area contributed by atoms with Gasteiger partial charge in [-0.2, -0.15) is 0 Å². The number of fused-ring (bicyclic) bond motifs is 1. The number of aromatic carboxylic acids is 1. The van der Waals surface area contributed by atoms with Crippen molar-refractivity contribution in [1.29, 1.82) is 0 Å². The van der Waals surface area contributed by atoms with Gasteiger partial charge in [0.1, 0.15) is 0 Å². The van der Waals surface area contributed by atoms with Gasteiger partial charge < -0.3 is 10.0 Å². The van der Waals surface area contributed by atoms with Crippen LogP contribution in [0.5, 0.6) is 0 Å². The fourth-order valence-corrected chi connectivity index (χ4v) is 5.57. The lowest BCUT2D eigenvalue weighted by atomic mass is 9.81. The smallest absolute Gasteiger partial charge is 0.336 e. The fraction of sp³-hybridized carbons (Fsp3) is 0.400. The lowest BCUT2D eigenvalue weighted by Gasteiger charge is -2.35. The Morgan fingerprint density at radius 2 is 1.89 bits per heavy atom. The number of aromatic nitrogens is 1. The van der Waals surface area contributed by atoms with Crippen molar-refractivity contribution in [3.63, 3.8) is 0 Å². The molecular weight excluding hydrogens is 434 g/mol. The number of carboxylic acids is 1. The molecule has 0 bridgehead atoms. The van der Waals surface area contributed by atoms with Gasteiger partial charge in [0, 0.05) is 43.4 Å². The first-order valence-corrected chi connectivity index (χ1v) is 12.8. The van der Waals surface area contributed by atoms with E-state index in [9.17, 15) is 9.90 Å². The van der Waals surface area contributed by atoms with Crippen molar-refractivity contribution in [3.8, 4) is 0 Å². The van der Waals surface area contributed by atoms with Crippen LogP contribution in [-0.4, -0.2) is 41.6 Å². The van der Waals surface area contributed by atoms with E-state index in [-0.39, 0.29) is 6.04 Å². The zero-order valence-corrected chi connectivity index (χ0v) is 20.8. The number of carbonyl (C=O) groups is 1. The van der Waals surface area contributed by atoms with Crippen molar-refractivity contribution in [2.45, 2.75) is 51.0 Å². The van der Waals surface area contributed by atoms with Crippen molar-refractivity contribution in [2.24, 2.45) is 5.92 Å². The van der Waals surface area contributed by atoms with Crippen LogP contribution < -0.4 is 4.90 Å². The van der Waals surface area contributed by atoms with E-state index in [1.54, 1.807) is 18.5 Å². The molecule has 2 aromatic carbocycles. The molecule has 1 aliphatic carbocycles. The molecule has 5 rings (SSSR count). The van der Waals surface area contributed by atoms with Crippen LogP contribution in [0.1, 0.15) is 64.3 Å². The van der Waals surface area contributed by atoms with E-state index < -0.39 is 5.97 Å². The second kappa shape index (κ2) is 10.2. The predicted molar refractivity (Wildman–Crippen MR) is 141 cm³/mol. The Balaban J connectivity index is 1.31. The van der Waals surface area contributed by atoms with Crippen LogP contribution in [0.15, 0.2) is 60.9 Å². The lowest BCUT2D eigenvalue weighted by Crippen LogP contribution is -2.32. The van der Waals surface area contributed by atoms with Gasteiger partial charge in [0.15, 0.2) is 0 Å². The molecule has 2 heterocycles. The molecule has 3 aromatic rings. The van der Waals surface area contributed by atoms with Gasteiger partial charge >= 0.3 is 5.97 Å². The quantitative estimate of drug-likeness (QED) is 0.435. The Kier molecular flexibility index (Phi) is 6.87. The zero-order valence-electron chi connectivity index (χ0n) is 20.8. The normalized spacial score (nSPS) is 18.1. The van der Waals surface area contributed by atoms with E-state index in [1.165, 1.54) is 53.7 Å². The third kappa shape index (κ3) is 5.10. The van der Waals surface area contributed by atoms with Crippen molar-refractivity contribution in [1.82, 2.24) is 9.88 Å². The van der Waals surface area contributed by atoms with Crippen LogP contribution in [0.3, 0.4) is 0 Å². The number of anilines is 2. The molecule has 182 valence electrons. The molecular formula is C30H35N3O2. The van der Waals surface area contributed by atoms with Gasteiger partial charge in [0.2, 0.25) is 0 Å². The summed E-state index contributed by atoms with van der Waals surface area (Å²) in [7, 11) is 4.31. The Bertz CT molecular complexity index is 1190. The van der Waals surface area contributed by atoms with E-state index in [0.717, 1.165) is 30.9 Å². The topological polar surface area (TPSA) is 56.7 Å². The molecule has 0 saturated heterocycles. The zero-order chi connectivity index (χ0) is 24.4. The first-order valence-electron chi connectivity index (χ1n) is 12.8. The molecule has 1 N–H and O–H groups in total. The standard InChI is InChI=1S/C30H35N3O2/c1-32-17-15-23-19-26(33(2)25-9-6-22(7-10-25)18-21-4-3-5-21)11-12-27(23)29(32)13-8-24-20-31-16-14-28(24)30(34)35/h6-7,9-12,14,16,19-21,29H,3-5,8,13,15,17-18H2,1-2H3,(H,34,35)/t29-/m0/s1. The summed E-state index contributed by atoms with van der Waals surface area (Å²) < 4.78 is 0. The van der Waals surface area contributed by atoms with Crippen molar-refractivity contribution < 1.29 is 9.90 Å². The van der Waals surface area contributed by atoms with E-state index in [1.807, 2.05) is 0 Å². The molecule has 1 saturated carbocycles. The number of pyridine rings is 1. The molecule has 0 spiro atoms. The van der Waals surface area contributed by atoms with Gasteiger partial charge in [-0.15, -0.1) is 0 Å². The maximum absolute atomic E-state index is 11.6. The predicted octanol–water partition coefficient (Wildman–Crippen LogP) is 6.05. The highest BCUT2D eigenvalue weighted by Crippen LogP contribution is 2.36. The molecule has 5 nitrogen and oxygen atoms in total. The highest BCUT2D eigenvalue weighted by Gasteiger charge is 2.26. The number of hydrogen-bond donors (Lipinski definition) is 1. The first-order chi connectivity index (χ1) is 17.0. The van der Waals surface area contributed by atoms with Gasteiger partial charge in [-0.05, 0) is 91.2 Å². The van der Waals surface area contributed by atoms with Gasteiger partial charge in [-0.3, -0.25) is 9.88 Å². The van der Waals surface area contributed by atoms with Gasteiger partial charge in [0.25, 0.3) is 0 Å². The average Bonchev–Trinajstić information content (AvgIpc) is 2.85. The molecule has 0 amide bonds. The summed E-state index contributed by atoms with van der Waals surface area (Å²) in [6.07, 6.45) is 11.2. The molecule has 2 aliphatic rings. The third-order valence-corrected chi connectivity index (χ3v) is 8.03. The summed E-state index contributed by atoms with van der Waals surface area (Å²) in [6, 6.07) is 17.8. The van der Waals surface area contributed by atoms with Crippen LogP contribution >= 0.6 is 0 Å². The average molecular weight is 470 g/mol. The molecule has 1 atom stereocenters. The minimum Gasteiger partial charge on any atom is -0.478 e. The van der Waals surface area contributed by atoms with Crippen LogP contribution in [0, 0.1) is 5.92 Å². The maximum atomic E-state index is 11.6. The third-order valence-electron chi connectivity index (χ3n) is 8.03. The summed E-state index contributed by atoms with van der Waals surface area (Å²) in [5, 5.41) is 9.51. The lowest BCUT2D eigenvalue weighted by molar-refractivity contribution is 0.0695. The Morgan fingerprint density at radius 1 is 1.11 bits per heavy atom. The number of rotatable bonds is 8. The van der Waals surface area contributed by atoms with E-state index >= 15 is 0 Å². The van der Waals surface area contributed by atoms with Crippen LogP contribution in [-0.2, 0) is 19.3 Å². The second-order valence-electron chi connectivity index (χ2n) is 10.2. The van der Waals surface area contributed by atoms with Gasteiger partial charge in [0.05, 0.1) is 5.56 Å².